The van der Waals surface area contributed by atoms with Crippen molar-refractivity contribution in [3.63, 3.8) is 0 Å². The molecule has 0 spiro atoms. The van der Waals surface area contributed by atoms with Gasteiger partial charge >= 0.3 is 0 Å². The van der Waals surface area contributed by atoms with Crippen molar-refractivity contribution in [3.05, 3.63) is 10.8 Å². The van der Waals surface area contributed by atoms with Crippen LogP contribution in [0.1, 0.15) is 26.2 Å². The van der Waals surface area contributed by atoms with Gasteiger partial charge in [0.15, 0.2) is 0 Å². The highest BCUT2D eigenvalue weighted by Gasteiger charge is 2.23. The van der Waals surface area contributed by atoms with E-state index < -0.39 is 0 Å². The smallest absolute Gasteiger partial charge is 0.148 e. The largest absolute Gasteiger partial charge is 0.384 e. The molecule has 2 rings (SSSR count). The monoisotopic (exact) mass is 342 g/mol. The fourth-order valence-corrected chi connectivity index (χ4v) is 3.17. The number of hydrogen-bond acceptors (Lipinski definition) is 5. The Kier molecular flexibility index (Phi) is 6.04. The van der Waals surface area contributed by atoms with Gasteiger partial charge in [0.05, 0.1) is 6.61 Å². The van der Waals surface area contributed by atoms with Gasteiger partial charge in [-0.1, -0.05) is 6.92 Å². The standard InChI is InChI=1S/C14H23BrN4O/c1-3-6-16-13-12(15)14(18-10-17-13)19-7-4-5-11(8-19)9-20-2/h10-11H,3-9H2,1-2H3,(H,16,17,18). The van der Waals surface area contributed by atoms with Gasteiger partial charge in [-0.15, -0.1) is 0 Å². The second-order valence-corrected chi connectivity index (χ2v) is 5.99. The Bertz CT molecular complexity index is 428. The van der Waals surface area contributed by atoms with Crippen LogP contribution in [0.15, 0.2) is 10.8 Å². The molecule has 2 heterocycles. The van der Waals surface area contributed by atoms with E-state index in [0.29, 0.717) is 5.92 Å². The third-order valence-corrected chi connectivity index (χ3v) is 4.26. The number of anilines is 2. The van der Waals surface area contributed by atoms with E-state index in [1.54, 1.807) is 13.4 Å². The highest BCUT2D eigenvalue weighted by Crippen LogP contribution is 2.32. The van der Waals surface area contributed by atoms with Gasteiger partial charge in [-0.25, -0.2) is 9.97 Å². The van der Waals surface area contributed by atoms with Crippen molar-refractivity contribution < 1.29 is 4.74 Å². The number of halogens is 1. The average molecular weight is 343 g/mol. The summed E-state index contributed by atoms with van der Waals surface area (Å²) in [6, 6.07) is 0. The molecular formula is C14H23BrN4O. The maximum absolute atomic E-state index is 5.29. The summed E-state index contributed by atoms with van der Waals surface area (Å²) in [6.45, 7) is 5.92. The van der Waals surface area contributed by atoms with E-state index in [1.165, 1.54) is 12.8 Å². The number of rotatable bonds is 6. The van der Waals surface area contributed by atoms with E-state index >= 15 is 0 Å². The van der Waals surface area contributed by atoms with Crippen molar-refractivity contribution in [1.29, 1.82) is 0 Å². The molecule has 0 aliphatic carbocycles. The molecule has 0 aromatic carbocycles. The number of ether oxygens (including phenoxy) is 1. The summed E-state index contributed by atoms with van der Waals surface area (Å²) in [5, 5.41) is 3.33. The first-order valence-corrected chi connectivity index (χ1v) is 8.03. The van der Waals surface area contributed by atoms with E-state index in [1.807, 2.05) is 0 Å². The van der Waals surface area contributed by atoms with Crippen LogP contribution in [-0.2, 0) is 4.74 Å². The third kappa shape index (κ3) is 3.82. The van der Waals surface area contributed by atoms with Crippen LogP contribution >= 0.6 is 15.9 Å². The van der Waals surface area contributed by atoms with Gasteiger partial charge in [0.25, 0.3) is 0 Å². The van der Waals surface area contributed by atoms with Crippen molar-refractivity contribution >= 4 is 27.6 Å². The molecule has 0 radical (unpaired) electrons. The van der Waals surface area contributed by atoms with Crippen molar-refractivity contribution in [2.45, 2.75) is 26.2 Å². The first kappa shape index (κ1) is 15.5. The lowest BCUT2D eigenvalue weighted by Crippen LogP contribution is -2.37. The molecule has 1 N–H and O–H groups in total. The van der Waals surface area contributed by atoms with Gasteiger partial charge in [-0.3, -0.25) is 0 Å². The normalized spacial score (nSPS) is 19.1. The fourth-order valence-electron chi connectivity index (χ4n) is 2.58. The molecule has 0 saturated carbocycles. The van der Waals surface area contributed by atoms with Crippen molar-refractivity contribution in [3.8, 4) is 0 Å². The Balaban J connectivity index is 2.11. The van der Waals surface area contributed by atoms with Gasteiger partial charge < -0.3 is 15.0 Å². The predicted octanol–water partition coefficient (Wildman–Crippen LogP) is 2.92. The van der Waals surface area contributed by atoms with Crippen LogP contribution in [0.25, 0.3) is 0 Å². The molecule has 1 saturated heterocycles. The van der Waals surface area contributed by atoms with Gasteiger partial charge in [-0.05, 0) is 41.1 Å². The Labute approximate surface area is 129 Å². The fraction of sp³-hybridized carbons (Fsp3) is 0.714. The van der Waals surface area contributed by atoms with Crippen molar-refractivity contribution in [1.82, 2.24) is 9.97 Å². The van der Waals surface area contributed by atoms with Crippen LogP contribution in [0.4, 0.5) is 11.6 Å². The Morgan fingerprint density at radius 3 is 3.10 bits per heavy atom. The van der Waals surface area contributed by atoms with E-state index in [4.69, 9.17) is 4.74 Å². The molecule has 1 aliphatic rings. The van der Waals surface area contributed by atoms with Crippen molar-refractivity contribution in [2.75, 3.05) is 43.6 Å². The highest BCUT2D eigenvalue weighted by molar-refractivity contribution is 9.10. The Morgan fingerprint density at radius 2 is 2.35 bits per heavy atom. The lowest BCUT2D eigenvalue weighted by Gasteiger charge is -2.33. The number of hydrogen-bond donors (Lipinski definition) is 1. The molecule has 5 nitrogen and oxygen atoms in total. The summed E-state index contributed by atoms with van der Waals surface area (Å²) < 4.78 is 6.25. The number of methoxy groups -OCH3 is 1. The zero-order chi connectivity index (χ0) is 14.4. The van der Waals surface area contributed by atoms with Crippen LogP contribution in [-0.4, -0.2) is 43.3 Å². The van der Waals surface area contributed by atoms with Gasteiger partial charge in [0, 0.05) is 26.7 Å². The molecule has 20 heavy (non-hydrogen) atoms. The molecule has 1 aromatic rings. The number of piperidine rings is 1. The van der Waals surface area contributed by atoms with E-state index in [-0.39, 0.29) is 0 Å². The number of aromatic nitrogens is 2. The second-order valence-electron chi connectivity index (χ2n) is 5.20. The molecular weight excluding hydrogens is 320 g/mol. The molecule has 1 aliphatic heterocycles. The first-order valence-electron chi connectivity index (χ1n) is 7.24. The summed E-state index contributed by atoms with van der Waals surface area (Å²) in [5.41, 5.74) is 0. The van der Waals surface area contributed by atoms with E-state index in [9.17, 15) is 0 Å². The summed E-state index contributed by atoms with van der Waals surface area (Å²) in [4.78, 5) is 11.1. The molecule has 1 unspecified atom stereocenters. The maximum Gasteiger partial charge on any atom is 0.148 e. The van der Waals surface area contributed by atoms with E-state index in [2.05, 4.69) is 43.0 Å². The van der Waals surface area contributed by atoms with Gasteiger partial charge in [-0.2, -0.15) is 0 Å². The quantitative estimate of drug-likeness (QED) is 0.861. The summed E-state index contributed by atoms with van der Waals surface area (Å²) in [6.07, 6.45) is 5.12. The van der Waals surface area contributed by atoms with Crippen LogP contribution < -0.4 is 10.2 Å². The second kappa shape index (κ2) is 7.78. The van der Waals surface area contributed by atoms with E-state index in [0.717, 1.165) is 48.8 Å². The number of nitrogens with one attached hydrogen (secondary N) is 1. The van der Waals surface area contributed by atoms with Crippen LogP contribution in [0.5, 0.6) is 0 Å². The zero-order valence-electron chi connectivity index (χ0n) is 12.2. The topological polar surface area (TPSA) is 50.3 Å². The summed E-state index contributed by atoms with van der Waals surface area (Å²) in [7, 11) is 1.77. The lowest BCUT2D eigenvalue weighted by molar-refractivity contribution is 0.143. The molecule has 112 valence electrons. The Hall–Kier alpha value is -0.880. The van der Waals surface area contributed by atoms with Crippen LogP contribution in [0.2, 0.25) is 0 Å². The first-order chi connectivity index (χ1) is 9.76. The summed E-state index contributed by atoms with van der Waals surface area (Å²) >= 11 is 3.65. The molecule has 0 bridgehead atoms. The van der Waals surface area contributed by atoms with Crippen LogP contribution in [0, 0.1) is 5.92 Å². The summed E-state index contributed by atoms with van der Waals surface area (Å²) in [5.74, 6) is 2.45. The molecule has 6 heteroatoms. The third-order valence-electron chi connectivity index (χ3n) is 3.53. The minimum Gasteiger partial charge on any atom is -0.384 e. The minimum absolute atomic E-state index is 0.586. The average Bonchev–Trinajstić information content (AvgIpc) is 2.47. The van der Waals surface area contributed by atoms with Gasteiger partial charge in [0.1, 0.15) is 22.4 Å². The number of nitrogens with zero attached hydrogens (tertiary/aromatic N) is 3. The molecule has 1 aromatic heterocycles. The Morgan fingerprint density at radius 1 is 1.50 bits per heavy atom. The SMILES string of the molecule is CCCNc1ncnc(N2CCCC(COC)C2)c1Br. The predicted molar refractivity (Wildman–Crippen MR) is 85.3 cm³/mol. The molecule has 1 atom stereocenters. The zero-order valence-corrected chi connectivity index (χ0v) is 13.8. The minimum atomic E-state index is 0.586. The maximum atomic E-state index is 5.29. The molecule has 0 amide bonds. The van der Waals surface area contributed by atoms with Crippen molar-refractivity contribution in [2.24, 2.45) is 5.92 Å². The highest BCUT2D eigenvalue weighted by atomic mass is 79.9. The molecule has 1 fully saturated rings. The van der Waals surface area contributed by atoms with Crippen LogP contribution in [0.3, 0.4) is 0 Å². The lowest BCUT2D eigenvalue weighted by atomic mass is 9.99. The van der Waals surface area contributed by atoms with Gasteiger partial charge in [0.2, 0.25) is 0 Å².